The van der Waals surface area contributed by atoms with Gasteiger partial charge in [-0.2, -0.15) is 5.10 Å². The summed E-state index contributed by atoms with van der Waals surface area (Å²) in [5.41, 5.74) is 0.0725. The van der Waals surface area contributed by atoms with Crippen molar-refractivity contribution in [2.45, 2.75) is 31.4 Å². The second-order valence-electron chi connectivity index (χ2n) is 6.19. The second kappa shape index (κ2) is 7.30. The number of methoxy groups -OCH3 is 1. The first-order valence-corrected chi connectivity index (χ1v) is 8.38. The lowest BCUT2D eigenvalue weighted by atomic mass is 9.80. The number of amides is 1. The van der Waals surface area contributed by atoms with Gasteiger partial charge in [-0.05, 0) is 12.8 Å². The molecule has 2 aliphatic rings. The van der Waals surface area contributed by atoms with Crippen molar-refractivity contribution in [2.24, 2.45) is 5.92 Å². The number of rotatable bonds is 4. The van der Waals surface area contributed by atoms with E-state index >= 15 is 0 Å². The van der Waals surface area contributed by atoms with Gasteiger partial charge < -0.3 is 19.7 Å². The highest BCUT2D eigenvalue weighted by Gasteiger charge is 2.37. The molecule has 25 heavy (non-hydrogen) atoms. The van der Waals surface area contributed by atoms with Gasteiger partial charge in [-0.15, -0.1) is 0 Å². The van der Waals surface area contributed by atoms with Crippen molar-refractivity contribution in [1.82, 2.24) is 15.5 Å². The zero-order chi connectivity index (χ0) is 18.0. The summed E-state index contributed by atoms with van der Waals surface area (Å²) < 4.78 is 10.1. The van der Waals surface area contributed by atoms with E-state index in [1.165, 1.54) is 13.3 Å². The molecule has 1 saturated heterocycles. The number of nitrogens with zero attached hydrogens (tertiary/aromatic N) is 2. The largest absolute Gasteiger partial charge is 0.469 e. The molecule has 10 heteroatoms. The minimum Gasteiger partial charge on any atom is -0.469 e. The topological polar surface area (TPSA) is 114 Å². The summed E-state index contributed by atoms with van der Waals surface area (Å²) in [5.74, 6) is -0.399. The molecular formula is C15H19ClN4O5. The Morgan fingerprint density at radius 2 is 2.20 bits per heavy atom. The van der Waals surface area contributed by atoms with Gasteiger partial charge in [0.15, 0.2) is 0 Å². The second-order valence-corrected chi connectivity index (χ2v) is 6.57. The first-order valence-electron chi connectivity index (χ1n) is 8.01. The van der Waals surface area contributed by atoms with Crippen LogP contribution < -0.4 is 15.8 Å². The summed E-state index contributed by atoms with van der Waals surface area (Å²) in [5, 5.41) is 8.82. The lowest BCUT2D eigenvalue weighted by molar-refractivity contribution is -0.149. The van der Waals surface area contributed by atoms with Gasteiger partial charge >= 0.3 is 12.1 Å². The number of nitrogens with one attached hydrogen (secondary N) is 2. The molecule has 0 bridgehead atoms. The number of halogens is 1. The molecule has 1 saturated carbocycles. The monoisotopic (exact) mass is 370 g/mol. The standard InChI is InChI=1S/C15H19ClN4O5/c1-24-14(22)8-4-9(5-8)18-15(23)25-10-2-3-20(7-10)11-6-17-19-13(21)12(11)16/h6,8-10H,2-5,7H2,1H3,(H,18,23)(H,19,21)/t8-,9-,10-/m1/s1. The Hall–Kier alpha value is -2.29. The van der Waals surface area contributed by atoms with E-state index in [1.54, 1.807) is 0 Å². The van der Waals surface area contributed by atoms with E-state index in [0.717, 1.165) is 0 Å². The molecule has 1 amide bonds. The van der Waals surface area contributed by atoms with Crippen LogP contribution in [0.4, 0.5) is 10.5 Å². The van der Waals surface area contributed by atoms with Crippen LogP contribution in [-0.4, -0.2) is 54.6 Å². The summed E-state index contributed by atoms with van der Waals surface area (Å²) in [6, 6.07) is -0.0690. The summed E-state index contributed by atoms with van der Waals surface area (Å²) in [6.45, 7) is 1.05. The molecule has 1 aromatic heterocycles. The van der Waals surface area contributed by atoms with Crippen LogP contribution in [0.5, 0.6) is 0 Å². The molecule has 0 aromatic carbocycles. The number of hydrogen-bond acceptors (Lipinski definition) is 7. The maximum absolute atomic E-state index is 12.0. The third-order valence-electron chi connectivity index (χ3n) is 4.53. The minimum atomic E-state index is -0.504. The smallest absolute Gasteiger partial charge is 0.407 e. The van der Waals surface area contributed by atoms with Crippen molar-refractivity contribution in [1.29, 1.82) is 0 Å². The molecule has 1 aliphatic heterocycles. The van der Waals surface area contributed by atoms with Crippen LogP contribution in [0.1, 0.15) is 19.3 Å². The molecule has 1 atom stereocenters. The summed E-state index contributed by atoms with van der Waals surface area (Å²) in [6.07, 6.45) is 2.43. The fourth-order valence-corrected chi connectivity index (χ4v) is 3.30. The van der Waals surface area contributed by atoms with Crippen molar-refractivity contribution in [3.05, 3.63) is 21.6 Å². The molecule has 0 unspecified atom stereocenters. The van der Waals surface area contributed by atoms with Gasteiger partial charge in [-0.3, -0.25) is 9.59 Å². The lowest BCUT2D eigenvalue weighted by Crippen LogP contribution is -2.47. The molecule has 2 heterocycles. The first-order chi connectivity index (χ1) is 12.0. The number of ether oxygens (including phenoxy) is 2. The SMILES string of the molecule is COC(=O)[C@H]1C[C@H](NC(=O)O[C@@H]2CCN(c3cn[nH]c(=O)c3Cl)C2)C1. The third-order valence-corrected chi connectivity index (χ3v) is 4.90. The van der Waals surface area contributed by atoms with Crippen LogP contribution in [0.3, 0.4) is 0 Å². The van der Waals surface area contributed by atoms with Gasteiger partial charge in [0.2, 0.25) is 0 Å². The Labute approximate surface area is 148 Å². The predicted octanol–water partition coefficient (Wildman–Crippen LogP) is 0.680. The average molecular weight is 371 g/mol. The van der Waals surface area contributed by atoms with Crippen LogP contribution in [0.15, 0.2) is 11.0 Å². The van der Waals surface area contributed by atoms with Crippen LogP contribution in [0.2, 0.25) is 5.02 Å². The van der Waals surface area contributed by atoms with E-state index in [1.807, 2.05) is 4.90 Å². The van der Waals surface area contributed by atoms with Gasteiger partial charge in [0.05, 0.1) is 31.5 Å². The Kier molecular flexibility index (Phi) is 5.12. The molecule has 1 aromatic rings. The highest BCUT2D eigenvalue weighted by molar-refractivity contribution is 6.33. The minimum absolute atomic E-state index is 0.0690. The van der Waals surface area contributed by atoms with E-state index in [-0.39, 0.29) is 29.1 Å². The van der Waals surface area contributed by atoms with Crippen LogP contribution in [0, 0.1) is 5.92 Å². The molecule has 0 radical (unpaired) electrons. The number of alkyl carbamates (subject to hydrolysis) is 1. The third kappa shape index (κ3) is 3.87. The van der Waals surface area contributed by atoms with Gasteiger partial charge in [0, 0.05) is 19.0 Å². The number of carbonyl (C=O) groups is 2. The molecule has 2 N–H and O–H groups in total. The maximum atomic E-state index is 12.0. The maximum Gasteiger partial charge on any atom is 0.407 e. The van der Waals surface area contributed by atoms with Crippen LogP contribution in [0.25, 0.3) is 0 Å². The highest BCUT2D eigenvalue weighted by Crippen LogP contribution is 2.29. The van der Waals surface area contributed by atoms with Gasteiger partial charge in [-0.1, -0.05) is 11.6 Å². The first kappa shape index (κ1) is 17.5. The molecule has 0 spiro atoms. The van der Waals surface area contributed by atoms with Gasteiger partial charge in [0.25, 0.3) is 5.56 Å². The van der Waals surface area contributed by atoms with E-state index in [4.69, 9.17) is 16.3 Å². The molecule has 9 nitrogen and oxygen atoms in total. The fourth-order valence-electron chi connectivity index (χ4n) is 3.08. The number of anilines is 1. The molecule has 2 fully saturated rings. The van der Waals surface area contributed by atoms with E-state index < -0.39 is 11.7 Å². The molecule has 1 aliphatic carbocycles. The zero-order valence-corrected chi connectivity index (χ0v) is 14.4. The Bertz CT molecular complexity index is 718. The Balaban J connectivity index is 1.46. The zero-order valence-electron chi connectivity index (χ0n) is 13.7. The van der Waals surface area contributed by atoms with E-state index in [2.05, 4.69) is 20.3 Å². The van der Waals surface area contributed by atoms with Crippen molar-refractivity contribution < 1.29 is 19.1 Å². The van der Waals surface area contributed by atoms with Crippen molar-refractivity contribution in [3.8, 4) is 0 Å². The molecular weight excluding hydrogens is 352 g/mol. The summed E-state index contributed by atoms with van der Waals surface area (Å²) in [7, 11) is 1.35. The highest BCUT2D eigenvalue weighted by atomic mass is 35.5. The Morgan fingerprint density at radius 3 is 2.92 bits per heavy atom. The van der Waals surface area contributed by atoms with E-state index in [9.17, 15) is 14.4 Å². The lowest BCUT2D eigenvalue weighted by Gasteiger charge is -2.33. The van der Waals surface area contributed by atoms with Gasteiger partial charge in [0.1, 0.15) is 11.1 Å². The summed E-state index contributed by atoms with van der Waals surface area (Å²) in [4.78, 5) is 36.6. The number of hydrogen-bond donors (Lipinski definition) is 2. The number of aromatic nitrogens is 2. The van der Waals surface area contributed by atoms with Crippen molar-refractivity contribution in [3.63, 3.8) is 0 Å². The number of esters is 1. The van der Waals surface area contributed by atoms with Crippen molar-refractivity contribution >= 4 is 29.4 Å². The Morgan fingerprint density at radius 1 is 1.44 bits per heavy atom. The number of H-pyrrole nitrogens is 1. The quantitative estimate of drug-likeness (QED) is 0.749. The van der Waals surface area contributed by atoms with E-state index in [0.29, 0.717) is 38.0 Å². The molecule has 136 valence electrons. The predicted molar refractivity (Wildman–Crippen MR) is 88.6 cm³/mol. The molecule has 3 rings (SSSR count). The fraction of sp³-hybridized carbons (Fsp3) is 0.600. The number of aromatic amines is 1. The van der Waals surface area contributed by atoms with Crippen LogP contribution >= 0.6 is 11.6 Å². The van der Waals surface area contributed by atoms with Crippen molar-refractivity contribution in [2.75, 3.05) is 25.1 Å². The van der Waals surface area contributed by atoms with Crippen LogP contribution in [-0.2, 0) is 14.3 Å². The summed E-state index contributed by atoms with van der Waals surface area (Å²) >= 11 is 5.99. The van der Waals surface area contributed by atoms with Gasteiger partial charge in [-0.25, -0.2) is 9.89 Å². The average Bonchev–Trinajstić information content (AvgIpc) is 3.00. The number of carbonyl (C=O) groups excluding carboxylic acids is 2. The normalized spacial score (nSPS) is 25.2.